The maximum atomic E-state index is 12.6. The summed E-state index contributed by atoms with van der Waals surface area (Å²) >= 11 is 9.53. The lowest BCUT2D eigenvalue weighted by molar-refractivity contribution is -0.384. The molecule has 0 spiro atoms. The summed E-state index contributed by atoms with van der Waals surface area (Å²) in [6, 6.07) is 11.3. The van der Waals surface area contributed by atoms with Gasteiger partial charge in [-0.25, -0.2) is 31.5 Å². The molecule has 33 heteroatoms. The lowest BCUT2D eigenvalue weighted by Crippen LogP contribution is -2.37. The number of benzene rings is 2. The predicted molar refractivity (Wildman–Crippen MR) is 273 cm³/mol. The predicted octanol–water partition coefficient (Wildman–Crippen LogP) is 9.48. The Balaban J connectivity index is 0.000000446. The van der Waals surface area contributed by atoms with Gasteiger partial charge in [-0.05, 0) is 75.3 Å². The van der Waals surface area contributed by atoms with Crippen LogP contribution in [0.5, 0.6) is 11.5 Å². The van der Waals surface area contributed by atoms with Crippen molar-refractivity contribution >= 4 is 87.9 Å². The number of anilines is 4. The van der Waals surface area contributed by atoms with Crippen molar-refractivity contribution < 1.29 is 62.5 Å². The number of aromatic nitrogens is 4. The summed E-state index contributed by atoms with van der Waals surface area (Å²) in [7, 11) is -1.97. The normalized spacial score (nSPS) is 17.5. The first-order valence-electron chi connectivity index (χ1n) is 21.9. The Hall–Kier alpha value is -5.53. The first kappa shape index (κ1) is 65.6. The summed E-state index contributed by atoms with van der Waals surface area (Å²) in [6.45, 7) is 0.711. The highest BCUT2D eigenvalue weighted by Gasteiger charge is 2.33. The smallest absolute Gasteiger partial charge is 0.405 e. The fourth-order valence-electron chi connectivity index (χ4n) is 7.21. The van der Waals surface area contributed by atoms with E-state index in [4.69, 9.17) is 28.9 Å². The zero-order chi connectivity index (χ0) is 55.3. The highest BCUT2D eigenvalue weighted by molar-refractivity contribution is 8.13. The molecular weight excluding hydrogens is 1120 g/mol. The number of rotatable bonds is 18. The molecule has 2 aliphatic rings. The summed E-state index contributed by atoms with van der Waals surface area (Å²) in [5.74, 6) is -0.184. The Morgan fingerprint density at radius 1 is 0.667 bits per heavy atom. The van der Waals surface area contributed by atoms with Crippen molar-refractivity contribution in [2.45, 2.75) is 96.7 Å². The Morgan fingerprint density at radius 2 is 1.01 bits per heavy atom. The van der Waals surface area contributed by atoms with Crippen LogP contribution in [-0.4, -0.2) is 102 Å². The zero-order valence-corrected chi connectivity index (χ0v) is 43.2. The van der Waals surface area contributed by atoms with Gasteiger partial charge < -0.3 is 36.5 Å². The molecule has 2 saturated carbocycles. The summed E-state index contributed by atoms with van der Waals surface area (Å²) in [4.78, 5) is 37.6. The van der Waals surface area contributed by atoms with Gasteiger partial charge in [0.15, 0.2) is 0 Å². The highest BCUT2D eigenvalue weighted by atomic mass is 35.7. The molecule has 2 aromatic carbocycles. The van der Waals surface area contributed by atoms with E-state index in [1.54, 1.807) is 12.1 Å². The van der Waals surface area contributed by atoms with Gasteiger partial charge in [-0.1, -0.05) is 43.8 Å². The number of nitrogens with two attached hydrogens (primary N) is 1. The van der Waals surface area contributed by atoms with Crippen LogP contribution in [0.4, 0.5) is 61.2 Å². The van der Waals surface area contributed by atoms with Crippen LogP contribution in [0.25, 0.3) is 0 Å². The molecule has 2 fully saturated rings. The van der Waals surface area contributed by atoms with Crippen molar-refractivity contribution in [2.24, 2.45) is 17.6 Å². The van der Waals surface area contributed by atoms with Gasteiger partial charge in [0, 0.05) is 60.1 Å². The first-order valence-corrected chi connectivity index (χ1v) is 27.6. The van der Waals surface area contributed by atoms with Crippen molar-refractivity contribution in [2.75, 3.05) is 52.2 Å². The van der Waals surface area contributed by atoms with E-state index in [1.165, 1.54) is 36.4 Å². The second-order valence-electron chi connectivity index (χ2n) is 16.3. The molecule has 2 aliphatic carbocycles. The van der Waals surface area contributed by atoms with Crippen LogP contribution in [0.2, 0.25) is 0 Å². The lowest BCUT2D eigenvalue weighted by Gasteiger charge is -2.28. The van der Waals surface area contributed by atoms with Gasteiger partial charge >= 0.3 is 24.1 Å². The summed E-state index contributed by atoms with van der Waals surface area (Å²) in [6.07, 6.45) is 0.857. The van der Waals surface area contributed by atoms with E-state index in [0.29, 0.717) is 31.8 Å². The molecule has 7 N–H and O–H groups in total. The largest absolute Gasteiger partial charge is 0.573 e. The number of nitro groups is 2. The van der Waals surface area contributed by atoms with Crippen molar-refractivity contribution in [3.8, 4) is 11.5 Å². The van der Waals surface area contributed by atoms with Crippen molar-refractivity contribution in [1.82, 2.24) is 24.7 Å². The molecule has 0 saturated heterocycles. The first-order chi connectivity index (χ1) is 34.5. The van der Waals surface area contributed by atoms with Crippen molar-refractivity contribution in [3.05, 3.63) is 92.3 Å². The lowest BCUT2D eigenvalue weighted by atomic mass is 9.86. The number of ether oxygens (including phenoxy) is 2. The molecule has 0 amide bonds. The maximum Gasteiger partial charge on any atom is 0.573 e. The number of nitrogens with one attached hydrogen (secondary N) is 5. The molecule has 0 bridgehead atoms. The third-order valence-corrected chi connectivity index (χ3v) is 11.2. The monoisotopic (exact) mass is 1170 g/mol. The quantitative estimate of drug-likeness (QED) is 0.0178. The third-order valence-electron chi connectivity index (χ3n) is 10.4. The fourth-order valence-corrected chi connectivity index (χ4v) is 8.05. The van der Waals surface area contributed by atoms with Crippen LogP contribution in [0.1, 0.15) is 69.9 Å². The Bertz CT molecular complexity index is 2650. The number of hydrogen-bond donors (Lipinski definition) is 6. The molecule has 22 nitrogen and oxygen atoms in total. The molecule has 0 aliphatic heterocycles. The zero-order valence-electron chi connectivity index (χ0n) is 39.3. The van der Waals surface area contributed by atoms with E-state index in [1.807, 2.05) is 0 Å². The highest BCUT2D eigenvalue weighted by Crippen LogP contribution is 2.31. The number of para-hydroxylation sites is 2. The van der Waals surface area contributed by atoms with E-state index in [-0.39, 0.29) is 101 Å². The molecule has 75 heavy (non-hydrogen) atoms. The van der Waals surface area contributed by atoms with Gasteiger partial charge in [0.1, 0.15) is 23.9 Å². The van der Waals surface area contributed by atoms with Gasteiger partial charge in [0.25, 0.3) is 0 Å². The van der Waals surface area contributed by atoms with Crippen molar-refractivity contribution in [3.63, 3.8) is 0 Å². The average Bonchev–Trinajstić information content (AvgIpc) is 3.29. The van der Waals surface area contributed by atoms with Crippen molar-refractivity contribution in [1.29, 1.82) is 0 Å². The second-order valence-corrected chi connectivity index (χ2v) is 22.0. The molecule has 6 rings (SSSR count). The molecule has 0 radical (unpaired) electrons. The summed E-state index contributed by atoms with van der Waals surface area (Å²) in [5.41, 5.74) is 5.71. The van der Waals surface area contributed by atoms with Crippen LogP contribution in [0, 0.1) is 32.1 Å². The van der Waals surface area contributed by atoms with Crippen LogP contribution < -0.4 is 41.2 Å². The molecular formula is C42H57Cl3F6N12O10S2. The topological polar surface area (TPSA) is 311 Å². The molecule has 0 unspecified atom stereocenters. The molecule has 2 heterocycles. The molecule has 2 aromatic heterocycles. The fraction of sp³-hybridized carbons (Fsp3) is 0.524. The average molecular weight is 1170 g/mol. The van der Waals surface area contributed by atoms with Gasteiger partial charge in [-0.3, -0.25) is 20.2 Å². The Kier molecular flexibility index (Phi) is 27.0. The number of halogens is 9. The number of hydrogen-bond acceptors (Lipinski definition) is 19. The SMILES string of the molecule is C.CS(=O)(=O)Cl.CS(=O)(=O)NC1CCC(CNc2nc(NCc3ccccc3OC(F)(F)F)ncc2[N+](=O)[O-])CC1.ClCCl.NC1CCC(CNc2nc(NCc3ccccc3OC(F)(F)F)ncc2[N+](=O)[O-])CC1. The molecule has 4 aromatic rings. The minimum atomic E-state index is -4.85. The van der Waals surface area contributed by atoms with E-state index in [2.05, 4.69) is 66.1 Å². The number of nitrogens with zero attached hydrogens (tertiary/aromatic N) is 6. The Labute approximate surface area is 443 Å². The summed E-state index contributed by atoms with van der Waals surface area (Å²) < 4.78 is 128. The Morgan fingerprint density at radius 3 is 1.35 bits per heavy atom. The molecule has 0 atom stereocenters. The minimum Gasteiger partial charge on any atom is -0.405 e. The van der Waals surface area contributed by atoms with Gasteiger partial charge in [0.2, 0.25) is 42.6 Å². The van der Waals surface area contributed by atoms with Crippen LogP contribution in [0.3, 0.4) is 0 Å². The third kappa shape index (κ3) is 27.2. The van der Waals surface area contributed by atoms with E-state index < -0.39 is 41.6 Å². The van der Waals surface area contributed by atoms with Crippen LogP contribution in [0.15, 0.2) is 60.9 Å². The molecule has 420 valence electrons. The van der Waals surface area contributed by atoms with Crippen LogP contribution in [-0.2, 0) is 32.2 Å². The minimum absolute atomic E-state index is 0. The van der Waals surface area contributed by atoms with Gasteiger partial charge in [0.05, 0.1) is 27.7 Å². The summed E-state index contributed by atoms with van der Waals surface area (Å²) in [5, 5.41) is 34.4. The van der Waals surface area contributed by atoms with Gasteiger partial charge in [-0.15, -0.1) is 49.5 Å². The van der Waals surface area contributed by atoms with E-state index in [0.717, 1.165) is 63.4 Å². The van der Waals surface area contributed by atoms with Crippen LogP contribution >= 0.6 is 33.9 Å². The number of sulfonamides is 1. The number of alkyl halides is 8. The van der Waals surface area contributed by atoms with Gasteiger partial charge in [-0.2, -0.15) is 9.97 Å². The van der Waals surface area contributed by atoms with E-state index >= 15 is 0 Å². The maximum absolute atomic E-state index is 12.6. The second kappa shape index (κ2) is 30.9. The van der Waals surface area contributed by atoms with E-state index in [9.17, 15) is 63.4 Å². The standard InChI is InChI=1S/C20H25F3N6O5S.C19H23F3N6O3.CH2Cl2.CH3ClO2S.CH4/c1-35(32,33)28-15-8-6-13(7-9-15)10-24-18-16(29(30)31)12-26-19(27-18)25-11-14-4-2-3-5-17(14)34-20(21,22)23;20-19(21,22)31-16-4-2-1-3-13(16)10-25-18-26-11-15(28(29)30)17(27-18)24-9-12-5-7-14(23)8-6-12;2-1-3;1-5(2,3)4;/h2-5,12-13,15,28H,6-11H2,1H3,(H2,24,25,26,27);1-4,11-12,14H,5-10,23H2,(H2,24,25,26,27);1H2;1H3;1H4.